The molecule has 0 saturated carbocycles. The second-order valence-electron chi connectivity index (χ2n) is 5.27. The first-order valence-electron chi connectivity index (χ1n) is 5.52. The van der Waals surface area contributed by atoms with Crippen LogP contribution in [0.1, 0.15) is 34.1 Å². The van der Waals surface area contributed by atoms with Crippen molar-refractivity contribution in [1.29, 1.82) is 0 Å². The number of alkyl halides is 1. The quantitative estimate of drug-likeness (QED) is 0.750. The lowest BCUT2D eigenvalue weighted by molar-refractivity contribution is 0.00771. The Balaban J connectivity index is 2.67. The predicted molar refractivity (Wildman–Crippen MR) is 57.9 cm³/mol. The third-order valence-corrected chi connectivity index (χ3v) is 2.48. The number of carbonyl (C=O) groups is 1. The zero-order chi connectivity index (χ0) is 12.5. The molecule has 0 spiro atoms. The number of hydrogen-bond acceptors (Lipinski definition) is 3. The number of aliphatic hydroxyl groups is 1. The van der Waals surface area contributed by atoms with Crippen molar-refractivity contribution in [2.24, 2.45) is 0 Å². The number of likely N-dealkylation sites (tertiary alicyclic amines) is 1. The summed E-state index contributed by atoms with van der Waals surface area (Å²) in [4.78, 5) is 13.0. The lowest BCUT2D eigenvalue weighted by Gasteiger charge is -2.29. The number of hydrogen-bond donors (Lipinski definition) is 1. The van der Waals surface area contributed by atoms with Crippen LogP contribution >= 0.6 is 0 Å². The molecule has 16 heavy (non-hydrogen) atoms. The van der Waals surface area contributed by atoms with Crippen LogP contribution in [-0.2, 0) is 4.74 Å². The lowest BCUT2D eigenvalue weighted by Crippen LogP contribution is -2.44. The molecule has 0 bridgehead atoms. The van der Waals surface area contributed by atoms with Crippen LogP contribution in [0.4, 0.5) is 9.18 Å². The van der Waals surface area contributed by atoms with Crippen LogP contribution in [0.15, 0.2) is 0 Å². The van der Waals surface area contributed by atoms with Crippen molar-refractivity contribution >= 4 is 6.09 Å². The SMILES string of the molecule is C[C@@H](O)C1C[C@H](F)CN1C(=O)OC(C)(C)C. The number of ether oxygens (including phenoxy) is 1. The Morgan fingerprint density at radius 2 is 2.12 bits per heavy atom. The second kappa shape index (κ2) is 4.57. The van der Waals surface area contributed by atoms with E-state index in [1.807, 2.05) is 0 Å². The summed E-state index contributed by atoms with van der Waals surface area (Å²) in [6, 6.07) is -0.482. The van der Waals surface area contributed by atoms with E-state index < -0.39 is 30.0 Å². The Labute approximate surface area is 95.4 Å². The summed E-state index contributed by atoms with van der Waals surface area (Å²) in [5, 5.41) is 9.47. The van der Waals surface area contributed by atoms with Gasteiger partial charge in [-0.25, -0.2) is 9.18 Å². The molecule has 0 radical (unpaired) electrons. The Bertz CT molecular complexity index is 262. The van der Waals surface area contributed by atoms with Crippen molar-refractivity contribution in [2.45, 2.75) is 58.0 Å². The predicted octanol–water partition coefficient (Wildman–Crippen LogP) is 1.71. The highest BCUT2D eigenvalue weighted by Gasteiger charge is 2.39. The van der Waals surface area contributed by atoms with Crippen LogP contribution in [0.5, 0.6) is 0 Å². The zero-order valence-electron chi connectivity index (χ0n) is 10.2. The maximum absolute atomic E-state index is 13.2. The molecule has 1 aliphatic rings. The van der Waals surface area contributed by atoms with Crippen molar-refractivity contribution in [3.05, 3.63) is 0 Å². The van der Waals surface area contributed by atoms with Crippen molar-refractivity contribution in [2.75, 3.05) is 6.54 Å². The molecule has 4 nitrogen and oxygen atoms in total. The molecule has 1 unspecified atom stereocenters. The molecule has 5 heteroatoms. The molecule has 1 fully saturated rings. The monoisotopic (exact) mass is 233 g/mol. The Morgan fingerprint density at radius 3 is 2.56 bits per heavy atom. The Hall–Kier alpha value is -0.840. The molecule has 0 aromatic carbocycles. The van der Waals surface area contributed by atoms with Gasteiger partial charge in [0.1, 0.15) is 11.8 Å². The third-order valence-electron chi connectivity index (χ3n) is 2.48. The second-order valence-corrected chi connectivity index (χ2v) is 5.27. The smallest absolute Gasteiger partial charge is 0.410 e. The van der Waals surface area contributed by atoms with Gasteiger partial charge in [-0.3, -0.25) is 4.90 Å². The van der Waals surface area contributed by atoms with Crippen LogP contribution in [0.2, 0.25) is 0 Å². The summed E-state index contributed by atoms with van der Waals surface area (Å²) in [6.07, 6.45) is -2.20. The highest BCUT2D eigenvalue weighted by atomic mass is 19.1. The first-order valence-corrected chi connectivity index (χ1v) is 5.52. The molecule has 1 aliphatic heterocycles. The van der Waals surface area contributed by atoms with Crippen LogP contribution in [-0.4, -0.2) is 46.6 Å². The van der Waals surface area contributed by atoms with E-state index in [1.54, 1.807) is 27.7 Å². The summed E-state index contributed by atoms with van der Waals surface area (Å²) in [5.41, 5.74) is -0.602. The van der Waals surface area contributed by atoms with Gasteiger partial charge in [-0.2, -0.15) is 0 Å². The summed E-state index contributed by atoms with van der Waals surface area (Å²) in [7, 11) is 0. The molecule has 1 rings (SSSR count). The van der Waals surface area contributed by atoms with Crippen molar-refractivity contribution in [1.82, 2.24) is 4.90 Å². The summed E-state index contributed by atoms with van der Waals surface area (Å²) in [5.74, 6) is 0. The van der Waals surface area contributed by atoms with E-state index in [0.29, 0.717) is 0 Å². The van der Waals surface area contributed by atoms with Gasteiger partial charge in [-0.05, 0) is 27.7 Å². The van der Waals surface area contributed by atoms with Gasteiger partial charge in [0, 0.05) is 6.42 Å². The minimum Gasteiger partial charge on any atom is -0.444 e. The van der Waals surface area contributed by atoms with Gasteiger partial charge >= 0.3 is 6.09 Å². The molecule has 1 N–H and O–H groups in total. The topological polar surface area (TPSA) is 49.8 Å². The fourth-order valence-corrected chi connectivity index (χ4v) is 1.80. The number of halogens is 1. The standard InChI is InChI=1S/C11H20FNO3/c1-7(14)9-5-8(12)6-13(9)10(15)16-11(2,3)4/h7-9,14H,5-6H2,1-4H3/t7-,8+,9?/m1/s1. The summed E-state index contributed by atoms with van der Waals surface area (Å²) >= 11 is 0. The van der Waals surface area contributed by atoms with Gasteiger partial charge in [0.15, 0.2) is 0 Å². The van der Waals surface area contributed by atoms with E-state index in [4.69, 9.17) is 4.74 Å². The third kappa shape index (κ3) is 3.33. The van der Waals surface area contributed by atoms with E-state index >= 15 is 0 Å². The van der Waals surface area contributed by atoms with E-state index in [0.717, 1.165) is 0 Å². The van der Waals surface area contributed by atoms with Crippen LogP contribution in [0.25, 0.3) is 0 Å². The molecular weight excluding hydrogens is 213 g/mol. The number of rotatable bonds is 1. The fraction of sp³-hybridized carbons (Fsp3) is 0.909. The molecule has 94 valence electrons. The number of carbonyl (C=O) groups excluding carboxylic acids is 1. The molecule has 0 aromatic heterocycles. The molecule has 0 aromatic rings. The maximum Gasteiger partial charge on any atom is 0.410 e. The van der Waals surface area contributed by atoms with Crippen molar-refractivity contribution in [3.8, 4) is 0 Å². The highest BCUT2D eigenvalue weighted by Crippen LogP contribution is 2.25. The number of amides is 1. The van der Waals surface area contributed by atoms with Gasteiger partial charge in [0.2, 0.25) is 0 Å². The van der Waals surface area contributed by atoms with Gasteiger partial charge < -0.3 is 9.84 Å². The van der Waals surface area contributed by atoms with Gasteiger partial charge in [-0.15, -0.1) is 0 Å². The minimum atomic E-state index is -1.08. The molecule has 1 amide bonds. The molecule has 3 atom stereocenters. The van der Waals surface area contributed by atoms with Crippen LogP contribution in [0, 0.1) is 0 Å². The van der Waals surface area contributed by atoms with Gasteiger partial charge in [0.05, 0.1) is 18.7 Å². The highest BCUT2D eigenvalue weighted by molar-refractivity contribution is 5.69. The Morgan fingerprint density at radius 1 is 1.56 bits per heavy atom. The first kappa shape index (κ1) is 13.2. The van der Waals surface area contributed by atoms with Crippen molar-refractivity contribution < 1.29 is 19.0 Å². The minimum absolute atomic E-state index is 0.00444. The maximum atomic E-state index is 13.2. The lowest BCUT2D eigenvalue weighted by atomic mass is 10.1. The molecular formula is C11H20FNO3. The van der Waals surface area contributed by atoms with E-state index in [9.17, 15) is 14.3 Å². The van der Waals surface area contributed by atoms with Crippen LogP contribution in [0.3, 0.4) is 0 Å². The van der Waals surface area contributed by atoms with E-state index in [-0.39, 0.29) is 13.0 Å². The number of aliphatic hydroxyl groups excluding tert-OH is 1. The number of nitrogens with zero attached hydrogens (tertiary/aromatic N) is 1. The molecule has 0 aliphatic carbocycles. The fourth-order valence-electron chi connectivity index (χ4n) is 1.80. The molecule has 1 heterocycles. The summed E-state index contributed by atoms with van der Waals surface area (Å²) in [6.45, 7) is 6.83. The van der Waals surface area contributed by atoms with Crippen LogP contribution < -0.4 is 0 Å². The summed E-state index contributed by atoms with van der Waals surface area (Å²) < 4.78 is 18.4. The molecule has 1 saturated heterocycles. The van der Waals surface area contributed by atoms with Gasteiger partial charge in [0.25, 0.3) is 0 Å². The van der Waals surface area contributed by atoms with E-state index in [2.05, 4.69) is 0 Å². The zero-order valence-corrected chi connectivity index (χ0v) is 10.2. The first-order chi connectivity index (χ1) is 7.20. The van der Waals surface area contributed by atoms with E-state index in [1.165, 1.54) is 4.90 Å². The van der Waals surface area contributed by atoms with Crippen molar-refractivity contribution in [3.63, 3.8) is 0 Å². The van der Waals surface area contributed by atoms with Gasteiger partial charge in [-0.1, -0.05) is 0 Å². The largest absolute Gasteiger partial charge is 0.444 e. The average molecular weight is 233 g/mol. The Kier molecular flexibility index (Phi) is 3.78. The average Bonchev–Trinajstić information content (AvgIpc) is 2.44. The normalized spacial score (nSPS) is 28.0.